The Kier molecular flexibility index (Phi) is 2.39. The Hall–Kier alpha value is -1.50. The highest BCUT2D eigenvalue weighted by Crippen LogP contribution is 2.28. The normalized spacial score (nSPS) is 14.7. The number of aryl methyl sites for hydroxylation is 3. The molecule has 0 fully saturated rings. The summed E-state index contributed by atoms with van der Waals surface area (Å²) in [4.78, 5) is 0. The van der Waals surface area contributed by atoms with Gasteiger partial charge in [-0.05, 0) is 50.5 Å². The van der Waals surface area contributed by atoms with Gasteiger partial charge < -0.3 is 0 Å². The zero-order chi connectivity index (χ0) is 11.0. The van der Waals surface area contributed by atoms with E-state index in [0.29, 0.717) is 0 Å². The molecule has 0 atom stereocenters. The molecule has 15 heavy (non-hydrogen) atoms. The molecule has 0 unspecified atom stereocenters. The molecule has 1 radical (unpaired) electrons. The van der Waals surface area contributed by atoms with Crippen LogP contribution in [0.2, 0.25) is 0 Å². The van der Waals surface area contributed by atoms with Crippen LogP contribution >= 0.6 is 0 Å². The van der Waals surface area contributed by atoms with Crippen molar-refractivity contribution in [2.24, 2.45) is 0 Å². The van der Waals surface area contributed by atoms with Gasteiger partial charge in [-0.3, -0.25) is 5.32 Å². The number of benzene rings is 1. The first-order chi connectivity index (χ1) is 7.09. The third kappa shape index (κ3) is 1.70. The first-order valence-corrected chi connectivity index (χ1v) is 5.26. The largest absolute Gasteiger partial charge is 0.256 e. The topological polar surface area (TPSA) is 14.1 Å². The summed E-state index contributed by atoms with van der Waals surface area (Å²) < 4.78 is 0. The van der Waals surface area contributed by atoms with Crippen molar-refractivity contribution in [1.82, 2.24) is 5.32 Å². The van der Waals surface area contributed by atoms with Gasteiger partial charge in [0.15, 0.2) is 0 Å². The number of hydrogen-bond donors (Lipinski definition) is 0. The molecule has 1 heterocycles. The minimum absolute atomic E-state index is 1.13. The second-order valence-electron chi connectivity index (χ2n) is 4.25. The van der Waals surface area contributed by atoms with Crippen LogP contribution in [0.4, 0.5) is 0 Å². The SMILES string of the molecule is CC1=C(c2c(C)cc(C)cc2C)[N]C=C1. The van der Waals surface area contributed by atoms with Crippen molar-refractivity contribution in [1.29, 1.82) is 0 Å². The van der Waals surface area contributed by atoms with Crippen molar-refractivity contribution in [2.45, 2.75) is 27.7 Å². The van der Waals surface area contributed by atoms with Crippen molar-refractivity contribution in [3.05, 3.63) is 52.2 Å². The Morgan fingerprint density at radius 1 is 0.933 bits per heavy atom. The molecule has 0 saturated carbocycles. The summed E-state index contributed by atoms with van der Waals surface area (Å²) in [6, 6.07) is 4.44. The minimum atomic E-state index is 1.13. The molecule has 1 heteroatoms. The highest BCUT2D eigenvalue weighted by atomic mass is 14.9. The van der Waals surface area contributed by atoms with Gasteiger partial charge in [-0.1, -0.05) is 17.7 Å². The van der Waals surface area contributed by atoms with Gasteiger partial charge in [0.1, 0.15) is 0 Å². The molecule has 0 N–H and O–H groups in total. The summed E-state index contributed by atoms with van der Waals surface area (Å²) in [7, 11) is 0. The van der Waals surface area contributed by atoms with E-state index in [0.717, 1.165) is 5.70 Å². The van der Waals surface area contributed by atoms with E-state index in [9.17, 15) is 0 Å². The lowest BCUT2D eigenvalue weighted by atomic mass is 9.96. The predicted molar refractivity (Wildman–Crippen MR) is 64.5 cm³/mol. The first-order valence-electron chi connectivity index (χ1n) is 5.26. The van der Waals surface area contributed by atoms with E-state index in [1.54, 1.807) is 0 Å². The van der Waals surface area contributed by atoms with E-state index in [-0.39, 0.29) is 0 Å². The van der Waals surface area contributed by atoms with Crippen LogP contribution in [0.3, 0.4) is 0 Å². The van der Waals surface area contributed by atoms with E-state index < -0.39 is 0 Å². The Morgan fingerprint density at radius 3 is 2.00 bits per heavy atom. The smallest absolute Gasteiger partial charge is 0.0736 e. The van der Waals surface area contributed by atoms with Crippen LogP contribution in [-0.4, -0.2) is 0 Å². The summed E-state index contributed by atoms with van der Waals surface area (Å²) in [5.74, 6) is 0. The lowest BCUT2D eigenvalue weighted by Crippen LogP contribution is -2.00. The average molecular weight is 198 g/mol. The van der Waals surface area contributed by atoms with Gasteiger partial charge in [0.2, 0.25) is 0 Å². The maximum Gasteiger partial charge on any atom is 0.0736 e. The Labute approximate surface area is 91.5 Å². The van der Waals surface area contributed by atoms with E-state index >= 15 is 0 Å². The number of allylic oxidation sites excluding steroid dienone is 2. The van der Waals surface area contributed by atoms with Crippen LogP contribution in [0.15, 0.2) is 30.0 Å². The van der Waals surface area contributed by atoms with Gasteiger partial charge in [0.25, 0.3) is 0 Å². The van der Waals surface area contributed by atoms with Gasteiger partial charge in [-0.25, -0.2) is 0 Å². The van der Waals surface area contributed by atoms with Gasteiger partial charge in [0, 0.05) is 11.8 Å². The Bertz CT molecular complexity index is 441. The molecule has 0 aliphatic carbocycles. The van der Waals surface area contributed by atoms with Crippen LogP contribution < -0.4 is 5.32 Å². The molecule has 0 bridgehead atoms. The van der Waals surface area contributed by atoms with Crippen LogP contribution in [0.5, 0.6) is 0 Å². The fourth-order valence-corrected chi connectivity index (χ4v) is 2.22. The fourth-order valence-electron chi connectivity index (χ4n) is 2.22. The van der Waals surface area contributed by atoms with Crippen LogP contribution in [0.25, 0.3) is 5.70 Å². The van der Waals surface area contributed by atoms with E-state index in [2.05, 4.69) is 51.2 Å². The minimum Gasteiger partial charge on any atom is -0.256 e. The maximum absolute atomic E-state index is 4.44. The standard InChI is InChI=1S/C14H16N/c1-9-7-11(3)13(12(4)8-9)14-10(2)5-6-15-14/h5-8H,1-4H3. The highest BCUT2D eigenvalue weighted by molar-refractivity contribution is 5.76. The third-order valence-electron chi connectivity index (χ3n) is 2.82. The number of hydrogen-bond acceptors (Lipinski definition) is 0. The Morgan fingerprint density at radius 2 is 1.53 bits per heavy atom. The summed E-state index contributed by atoms with van der Waals surface area (Å²) in [6.07, 6.45) is 3.94. The molecule has 0 saturated heterocycles. The van der Waals surface area contributed by atoms with Crippen LogP contribution in [0, 0.1) is 20.8 Å². The number of rotatable bonds is 1. The lowest BCUT2D eigenvalue weighted by Gasteiger charge is -2.12. The van der Waals surface area contributed by atoms with Gasteiger partial charge in [-0.15, -0.1) is 0 Å². The van der Waals surface area contributed by atoms with Crippen LogP contribution in [0.1, 0.15) is 29.2 Å². The average Bonchev–Trinajstić information content (AvgIpc) is 2.50. The van der Waals surface area contributed by atoms with E-state index in [1.165, 1.54) is 27.8 Å². The molecule has 2 rings (SSSR count). The maximum atomic E-state index is 4.44. The first kappa shape index (κ1) is 10.0. The van der Waals surface area contributed by atoms with Crippen molar-refractivity contribution in [3.63, 3.8) is 0 Å². The molecule has 0 amide bonds. The molecule has 77 valence electrons. The van der Waals surface area contributed by atoms with Crippen LogP contribution in [-0.2, 0) is 0 Å². The molecule has 1 aliphatic rings. The second-order valence-corrected chi connectivity index (χ2v) is 4.25. The quantitative estimate of drug-likeness (QED) is 0.656. The predicted octanol–water partition coefficient (Wildman–Crippen LogP) is 3.47. The zero-order valence-corrected chi connectivity index (χ0v) is 9.76. The molecular weight excluding hydrogens is 182 g/mol. The summed E-state index contributed by atoms with van der Waals surface area (Å²) in [5, 5.41) is 4.44. The molecule has 1 nitrogen and oxygen atoms in total. The molecule has 0 aromatic heterocycles. The zero-order valence-electron chi connectivity index (χ0n) is 9.76. The van der Waals surface area contributed by atoms with E-state index in [1.807, 2.05) is 6.20 Å². The van der Waals surface area contributed by atoms with E-state index in [4.69, 9.17) is 0 Å². The van der Waals surface area contributed by atoms with Crippen molar-refractivity contribution in [3.8, 4) is 0 Å². The van der Waals surface area contributed by atoms with Gasteiger partial charge >= 0.3 is 0 Å². The molecule has 0 spiro atoms. The van der Waals surface area contributed by atoms with Crippen molar-refractivity contribution < 1.29 is 0 Å². The highest BCUT2D eigenvalue weighted by Gasteiger charge is 2.14. The van der Waals surface area contributed by atoms with Gasteiger partial charge in [0.05, 0.1) is 5.70 Å². The van der Waals surface area contributed by atoms with Crippen molar-refractivity contribution in [2.75, 3.05) is 0 Å². The lowest BCUT2D eigenvalue weighted by molar-refractivity contribution is 1.17. The monoisotopic (exact) mass is 198 g/mol. The summed E-state index contributed by atoms with van der Waals surface area (Å²) in [6.45, 7) is 8.56. The summed E-state index contributed by atoms with van der Waals surface area (Å²) >= 11 is 0. The number of nitrogens with zero attached hydrogens (tertiary/aromatic N) is 1. The molecular formula is C14H16N. The van der Waals surface area contributed by atoms with Gasteiger partial charge in [-0.2, -0.15) is 0 Å². The Balaban J connectivity index is 2.59. The summed E-state index contributed by atoms with van der Waals surface area (Å²) in [5.41, 5.74) is 7.62. The molecule has 1 aromatic carbocycles. The second kappa shape index (κ2) is 3.58. The van der Waals surface area contributed by atoms with Crippen molar-refractivity contribution >= 4 is 5.70 Å². The molecule has 1 aliphatic heterocycles. The molecule has 1 aromatic rings. The third-order valence-corrected chi connectivity index (χ3v) is 2.82. The fraction of sp³-hybridized carbons (Fsp3) is 0.286.